The Bertz CT molecular complexity index is 297. The van der Waals surface area contributed by atoms with E-state index in [1.54, 1.807) is 0 Å². The molecular formula is C12H21N3. The van der Waals surface area contributed by atoms with Crippen LogP contribution in [0.2, 0.25) is 0 Å². The van der Waals surface area contributed by atoms with Gasteiger partial charge in [-0.05, 0) is 46.2 Å². The summed E-state index contributed by atoms with van der Waals surface area (Å²) in [6.07, 6.45) is 5.75. The number of aromatic amines is 1. The first kappa shape index (κ1) is 10.7. The fourth-order valence-corrected chi connectivity index (χ4v) is 2.51. The molecule has 3 heteroatoms. The first-order valence-corrected chi connectivity index (χ1v) is 5.85. The molecule has 3 nitrogen and oxygen atoms in total. The molecule has 0 aromatic carbocycles. The first-order valence-electron chi connectivity index (χ1n) is 5.85. The Hall–Kier alpha value is -0.830. The van der Waals surface area contributed by atoms with Gasteiger partial charge in [0.05, 0.1) is 11.7 Å². The second-order valence-electron chi connectivity index (χ2n) is 5.39. The summed E-state index contributed by atoms with van der Waals surface area (Å²) in [5, 5.41) is 7.18. The van der Waals surface area contributed by atoms with E-state index < -0.39 is 0 Å². The van der Waals surface area contributed by atoms with Gasteiger partial charge in [0, 0.05) is 11.7 Å². The second kappa shape index (κ2) is 3.97. The number of H-pyrrole nitrogens is 1. The van der Waals surface area contributed by atoms with Crippen molar-refractivity contribution in [3.8, 4) is 0 Å². The van der Waals surface area contributed by atoms with Crippen LogP contribution in [0.3, 0.4) is 0 Å². The van der Waals surface area contributed by atoms with Crippen LogP contribution >= 0.6 is 0 Å². The van der Waals surface area contributed by atoms with Gasteiger partial charge in [-0.15, -0.1) is 0 Å². The standard InChI is InChI=1S/C12H21N3/c1-12(2,3)15-9-5-4-6-11(15)10-7-8-13-14-10/h7-8,11H,4-6,9H2,1-3H3,(H,13,14)/t11-/m0/s1. The fraction of sp³-hybridized carbons (Fsp3) is 0.750. The predicted octanol–water partition coefficient (Wildman–Crippen LogP) is 2.74. The van der Waals surface area contributed by atoms with Gasteiger partial charge >= 0.3 is 0 Å². The van der Waals surface area contributed by atoms with Crippen molar-refractivity contribution >= 4 is 0 Å². The molecule has 0 bridgehead atoms. The zero-order chi connectivity index (χ0) is 10.9. The topological polar surface area (TPSA) is 31.9 Å². The van der Waals surface area contributed by atoms with Crippen molar-refractivity contribution < 1.29 is 0 Å². The molecule has 1 atom stereocenters. The van der Waals surface area contributed by atoms with Crippen molar-refractivity contribution in [2.24, 2.45) is 0 Å². The van der Waals surface area contributed by atoms with E-state index in [9.17, 15) is 0 Å². The Kier molecular flexibility index (Phi) is 2.83. The summed E-state index contributed by atoms with van der Waals surface area (Å²) >= 11 is 0. The molecule has 2 rings (SSSR count). The van der Waals surface area contributed by atoms with Crippen LogP contribution in [-0.2, 0) is 0 Å². The maximum Gasteiger partial charge on any atom is 0.0523 e. The number of piperidine rings is 1. The van der Waals surface area contributed by atoms with E-state index in [-0.39, 0.29) is 5.54 Å². The Labute approximate surface area is 91.9 Å². The molecule has 15 heavy (non-hydrogen) atoms. The third-order valence-electron chi connectivity index (χ3n) is 3.25. The number of nitrogens with zero attached hydrogens (tertiary/aromatic N) is 2. The molecule has 1 aromatic heterocycles. The van der Waals surface area contributed by atoms with Crippen molar-refractivity contribution in [2.45, 2.75) is 51.6 Å². The van der Waals surface area contributed by atoms with Crippen molar-refractivity contribution in [1.29, 1.82) is 0 Å². The van der Waals surface area contributed by atoms with Gasteiger partial charge in [0.1, 0.15) is 0 Å². The lowest BCUT2D eigenvalue weighted by Gasteiger charge is -2.44. The van der Waals surface area contributed by atoms with Crippen LogP contribution in [0.1, 0.15) is 51.8 Å². The Balaban J connectivity index is 2.20. The molecule has 0 amide bonds. The molecule has 1 aromatic rings. The monoisotopic (exact) mass is 207 g/mol. The molecule has 1 N–H and O–H groups in total. The van der Waals surface area contributed by atoms with Crippen LogP contribution in [-0.4, -0.2) is 27.2 Å². The van der Waals surface area contributed by atoms with Crippen LogP contribution < -0.4 is 0 Å². The van der Waals surface area contributed by atoms with Gasteiger partial charge in [0.2, 0.25) is 0 Å². The summed E-state index contributed by atoms with van der Waals surface area (Å²) in [6.45, 7) is 8.08. The fourth-order valence-electron chi connectivity index (χ4n) is 2.51. The molecule has 1 saturated heterocycles. The van der Waals surface area contributed by atoms with E-state index in [2.05, 4.69) is 41.9 Å². The summed E-state index contributed by atoms with van der Waals surface area (Å²) in [5.74, 6) is 0. The number of nitrogens with one attached hydrogen (secondary N) is 1. The lowest BCUT2D eigenvalue weighted by Crippen LogP contribution is -2.46. The maximum atomic E-state index is 4.06. The highest BCUT2D eigenvalue weighted by Crippen LogP contribution is 2.34. The zero-order valence-electron chi connectivity index (χ0n) is 9.95. The molecule has 0 unspecified atom stereocenters. The lowest BCUT2D eigenvalue weighted by atomic mass is 9.93. The van der Waals surface area contributed by atoms with Gasteiger partial charge in [0.15, 0.2) is 0 Å². The SMILES string of the molecule is CC(C)(C)N1CCCC[C@H]1c1ccn[nH]1. The average molecular weight is 207 g/mol. The predicted molar refractivity (Wildman–Crippen MR) is 61.6 cm³/mol. The van der Waals surface area contributed by atoms with Gasteiger partial charge in [-0.2, -0.15) is 5.10 Å². The molecular weight excluding hydrogens is 186 g/mol. The number of aromatic nitrogens is 2. The van der Waals surface area contributed by atoms with Crippen molar-refractivity contribution in [2.75, 3.05) is 6.54 Å². The molecule has 0 spiro atoms. The van der Waals surface area contributed by atoms with E-state index >= 15 is 0 Å². The number of likely N-dealkylation sites (tertiary alicyclic amines) is 1. The Morgan fingerprint density at radius 3 is 2.80 bits per heavy atom. The number of rotatable bonds is 1. The van der Waals surface area contributed by atoms with Crippen molar-refractivity contribution in [1.82, 2.24) is 15.1 Å². The van der Waals surface area contributed by atoms with Gasteiger partial charge in [-0.1, -0.05) is 6.42 Å². The minimum absolute atomic E-state index is 0.246. The van der Waals surface area contributed by atoms with Gasteiger partial charge in [-0.25, -0.2) is 0 Å². The molecule has 0 radical (unpaired) electrons. The van der Waals surface area contributed by atoms with Crippen molar-refractivity contribution in [3.63, 3.8) is 0 Å². The van der Waals surface area contributed by atoms with Gasteiger partial charge in [-0.3, -0.25) is 10.00 Å². The van der Waals surface area contributed by atoms with Crippen molar-refractivity contribution in [3.05, 3.63) is 18.0 Å². The second-order valence-corrected chi connectivity index (χ2v) is 5.39. The quantitative estimate of drug-likeness (QED) is 0.768. The minimum Gasteiger partial charge on any atom is -0.290 e. The number of hydrogen-bond acceptors (Lipinski definition) is 2. The third-order valence-corrected chi connectivity index (χ3v) is 3.25. The largest absolute Gasteiger partial charge is 0.290 e. The normalized spacial score (nSPS) is 24.3. The third kappa shape index (κ3) is 2.23. The van der Waals surface area contributed by atoms with E-state index in [0.717, 1.165) is 0 Å². The summed E-state index contributed by atoms with van der Waals surface area (Å²) in [5.41, 5.74) is 1.51. The summed E-state index contributed by atoms with van der Waals surface area (Å²) in [7, 11) is 0. The molecule has 1 fully saturated rings. The minimum atomic E-state index is 0.246. The molecule has 0 saturated carbocycles. The molecule has 0 aliphatic carbocycles. The maximum absolute atomic E-state index is 4.06. The molecule has 1 aliphatic rings. The van der Waals surface area contributed by atoms with Crippen LogP contribution in [0.5, 0.6) is 0 Å². The summed E-state index contributed by atoms with van der Waals surface area (Å²) in [6, 6.07) is 2.63. The average Bonchev–Trinajstić information content (AvgIpc) is 2.69. The lowest BCUT2D eigenvalue weighted by molar-refractivity contribution is 0.0488. The summed E-state index contributed by atoms with van der Waals surface area (Å²) < 4.78 is 0. The highest BCUT2D eigenvalue weighted by Gasteiger charge is 2.32. The van der Waals surface area contributed by atoms with E-state index in [1.165, 1.54) is 31.5 Å². The Morgan fingerprint density at radius 1 is 1.40 bits per heavy atom. The smallest absolute Gasteiger partial charge is 0.0523 e. The van der Waals surface area contributed by atoms with Crippen LogP contribution in [0.4, 0.5) is 0 Å². The van der Waals surface area contributed by atoms with E-state index in [0.29, 0.717) is 6.04 Å². The first-order chi connectivity index (χ1) is 7.09. The van der Waals surface area contributed by atoms with Crippen LogP contribution in [0.25, 0.3) is 0 Å². The summed E-state index contributed by atoms with van der Waals surface area (Å²) in [4.78, 5) is 2.59. The molecule has 2 heterocycles. The number of hydrogen-bond donors (Lipinski definition) is 1. The highest BCUT2D eigenvalue weighted by molar-refractivity contribution is 5.07. The molecule has 84 valence electrons. The van der Waals surface area contributed by atoms with Gasteiger partial charge in [0.25, 0.3) is 0 Å². The van der Waals surface area contributed by atoms with E-state index in [4.69, 9.17) is 0 Å². The Morgan fingerprint density at radius 2 is 2.20 bits per heavy atom. The van der Waals surface area contributed by atoms with Crippen LogP contribution in [0, 0.1) is 0 Å². The van der Waals surface area contributed by atoms with Gasteiger partial charge < -0.3 is 0 Å². The van der Waals surface area contributed by atoms with Crippen LogP contribution in [0.15, 0.2) is 12.3 Å². The van der Waals surface area contributed by atoms with E-state index in [1.807, 2.05) is 6.20 Å². The zero-order valence-corrected chi connectivity index (χ0v) is 9.95. The molecule has 1 aliphatic heterocycles. The highest BCUT2D eigenvalue weighted by atomic mass is 15.2.